The van der Waals surface area contributed by atoms with Crippen LogP contribution in [0.2, 0.25) is 0 Å². The van der Waals surface area contributed by atoms with E-state index < -0.39 is 0 Å². The second-order valence-electron chi connectivity index (χ2n) is 4.47. The lowest BCUT2D eigenvalue weighted by molar-refractivity contribution is 0.434. The fourth-order valence-electron chi connectivity index (χ4n) is 3.70. The van der Waals surface area contributed by atoms with Crippen LogP contribution in [0.5, 0.6) is 0 Å². The van der Waals surface area contributed by atoms with Gasteiger partial charge in [0, 0.05) is 0 Å². The average molecular weight is 119 g/mol. The first-order chi connectivity index (χ1) is 4.45. The van der Waals surface area contributed by atoms with E-state index in [9.17, 15) is 0 Å². The van der Waals surface area contributed by atoms with Crippen LogP contribution in [-0.4, -0.2) is 0 Å². The van der Waals surface area contributed by atoms with Crippen LogP contribution in [0.1, 0.15) is 12.8 Å². The van der Waals surface area contributed by atoms with E-state index in [2.05, 4.69) is 6.42 Å². The highest BCUT2D eigenvalue weighted by molar-refractivity contribution is 5.26. The minimum Gasteiger partial charge on any atom is -0.0465 e. The Morgan fingerprint density at radius 1 is 0.778 bits per heavy atom. The molecule has 0 saturated heterocycles. The highest BCUT2D eigenvalue weighted by Gasteiger charge is 2.70. The topological polar surface area (TPSA) is 0 Å². The highest BCUT2D eigenvalue weighted by Crippen LogP contribution is 2.76. The fraction of sp³-hybridized carbons (Fsp3) is 0.889. The molecule has 6 atom stereocenters. The molecule has 0 heterocycles. The summed E-state index contributed by atoms with van der Waals surface area (Å²) in [5.74, 6) is 7.09. The maximum atomic E-state index is 2.69. The van der Waals surface area contributed by atoms with Gasteiger partial charge in [0.15, 0.2) is 0 Å². The van der Waals surface area contributed by atoms with E-state index in [0.717, 1.165) is 11.8 Å². The summed E-state index contributed by atoms with van der Waals surface area (Å²) in [6, 6.07) is 0. The molecule has 0 nitrogen and oxygen atoms in total. The summed E-state index contributed by atoms with van der Waals surface area (Å²) in [4.78, 5) is 0. The van der Waals surface area contributed by atoms with Gasteiger partial charge in [-0.05, 0) is 54.8 Å². The Hall–Kier alpha value is 0. The Labute approximate surface area is 55.6 Å². The van der Waals surface area contributed by atoms with Gasteiger partial charge in [-0.1, -0.05) is 0 Å². The lowest BCUT2D eigenvalue weighted by Gasteiger charge is -2.03. The van der Waals surface area contributed by atoms with E-state index in [-0.39, 0.29) is 0 Å². The van der Waals surface area contributed by atoms with Crippen molar-refractivity contribution in [2.24, 2.45) is 35.5 Å². The van der Waals surface area contributed by atoms with Gasteiger partial charge in [0.25, 0.3) is 0 Å². The second-order valence-corrected chi connectivity index (χ2v) is 4.47. The predicted molar refractivity (Wildman–Crippen MR) is 34.5 cm³/mol. The normalized spacial score (nSPS) is 80.0. The molecule has 4 aliphatic carbocycles. The predicted octanol–water partition coefficient (Wildman–Crippen LogP) is 1.72. The zero-order valence-electron chi connectivity index (χ0n) is 5.46. The van der Waals surface area contributed by atoms with Gasteiger partial charge in [-0.3, -0.25) is 0 Å². The van der Waals surface area contributed by atoms with Crippen molar-refractivity contribution < 1.29 is 0 Å². The first-order valence-corrected chi connectivity index (χ1v) is 4.30. The third kappa shape index (κ3) is 0.281. The molecule has 47 valence electrons. The Morgan fingerprint density at radius 2 is 1.22 bits per heavy atom. The molecule has 4 rings (SSSR count). The lowest BCUT2D eigenvalue weighted by atomic mass is 10.0. The minimum atomic E-state index is 1.13. The van der Waals surface area contributed by atoms with E-state index in [4.69, 9.17) is 0 Å². The van der Waals surface area contributed by atoms with Crippen molar-refractivity contribution in [3.63, 3.8) is 0 Å². The van der Waals surface area contributed by atoms with Crippen LogP contribution in [0.4, 0.5) is 0 Å². The third-order valence-electron chi connectivity index (χ3n) is 4.20. The second kappa shape index (κ2) is 0.889. The zero-order valence-corrected chi connectivity index (χ0v) is 5.46. The third-order valence-corrected chi connectivity index (χ3v) is 4.20. The first-order valence-electron chi connectivity index (χ1n) is 4.30. The first kappa shape index (κ1) is 4.00. The highest BCUT2D eigenvalue weighted by atomic mass is 14.7. The van der Waals surface area contributed by atoms with Crippen LogP contribution >= 0.6 is 0 Å². The van der Waals surface area contributed by atoms with Gasteiger partial charge >= 0.3 is 0 Å². The van der Waals surface area contributed by atoms with Crippen LogP contribution < -0.4 is 0 Å². The summed E-state index contributed by atoms with van der Waals surface area (Å²) in [5.41, 5.74) is 0. The molecule has 0 spiro atoms. The van der Waals surface area contributed by atoms with E-state index in [1.54, 1.807) is 12.8 Å². The molecular formula is C9H11. The van der Waals surface area contributed by atoms with Gasteiger partial charge in [-0.15, -0.1) is 0 Å². The SMILES string of the molecule is [CH]1[C@@H]2[C@H]3C[C@H]3[C@@H]1[C@H]1C[C@@H]21. The molecule has 0 N–H and O–H groups in total. The quantitative estimate of drug-likeness (QED) is 0.455. The van der Waals surface area contributed by atoms with Crippen molar-refractivity contribution in [2.45, 2.75) is 12.8 Å². The van der Waals surface area contributed by atoms with Gasteiger partial charge in [0.1, 0.15) is 0 Å². The van der Waals surface area contributed by atoms with Gasteiger partial charge in [0.05, 0.1) is 0 Å². The number of rotatable bonds is 0. The van der Waals surface area contributed by atoms with E-state index in [1.165, 1.54) is 23.7 Å². The van der Waals surface area contributed by atoms with Crippen molar-refractivity contribution in [1.82, 2.24) is 0 Å². The van der Waals surface area contributed by atoms with Crippen molar-refractivity contribution in [1.29, 1.82) is 0 Å². The summed E-state index contributed by atoms with van der Waals surface area (Å²) < 4.78 is 0. The fourth-order valence-corrected chi connectivity index (χ4v) is 3.70. The Morgan fingerprint density at radius 3 is 1.56 bits per heavy atom. The molecule has 9 heavy (non-hydrogen) atoms. The van der Waals surface area contributed by atoms with Gasteiger partial charge in [-0.25, -0.2) is 0 Å². The van der Waals surface area contributed by atoms with E-state index in [0.29, 0.717) is 0 Å². The smallest absolute Gasteiger partial charge is 0.0312 e. The minimum absolute atomic E-state index is 1.13. The molecule has 2 bridgehead atoms. The molecule has 0 unspecified atom stereocenters. The summed E-state index contributed by atoms with van der Waals surface area (Å²) in [7, 11) is 0. The van der Waals surface area contributed by atoms with Crippen molar-refractivity contribution in [3.8, 4) is 0 Å². The van der Waals surface area contributed by atoms with Gasteiger partial charge in [0.2, 0.25) is 0 Å². The molecule has 0 aromatic carbocycles. The molecule has 4 fully saturated rings. The maximum Gasteiger partial charge on any atom is -0.0312 e. The molecule has 0 aromatic rings. The largest absolute Gasteiger partial charge is 0.0465 e. The monoisotopic (exact) mass is 119 g/mol. The molecule has 4 saturated carbocycles. The van der Waals surface area contributed by atoms with Crippen LogP contribution in [0.3, 0.4) is 0 Å². The Kier molecular flexibility index (Phi) is 0.395. The molecular weight excluding hydrogens is 108 g/mol. The van der Waals surface area contributed by atoms with Gasteiger partial charge in [-0.2, -0.15) is 0 Å². The average Bonchev–Trinajstić information content (AvgIpc) is 2.74. The Balaban J connectivity index is 1.91. The summed E-state index contributed by atoms with van der Waals surface area (Å²) in [5, 5.41) is 0. The molecule has 4 aliphatic rings. The number of hydrogen-bond acceptors (Lipinski definition) is 0. The summed E-state index contributed by atoms with van der Waals surface area (Å²) in [6.07, 6.45) is 5.91. The van der Waals surface area contributed by atoms with Crippen LogP contribution in [0, 0.1) is 41.9 Å². The van der Waals surface area contributed by atoms with Crippen LogP contribution in [-0.2, 0) is 0 Å². The van der Waals surface area contributed by atoms with Crippen molar-refractivity contribution in [3.05, 3.63) is 6.42 Å². The zero-order chi connectivity index (χ0) is 5.59. The van der Waals surface area contributed by atoms with E-state index >= 15 is 0 Å². The maximum absolute atomic E-state index is 2.69. The lowest BCUT2D eigenvalue weighted by Crippen LogP contribution is -2.00. The standard InChI is InChI=1S/C9H11/c1-4-5(1)9-3-8(4)6-2-7(6)9/h3-9H,1-2H2/t4-,5+,6+,7-,8-,9-. The molecule has 1 radical (unpaired) electrons. The van der Waals surface area contributed by atoms with Crippen molar-refractivity contribution in [2.75, 3.05) is 0 Å². The molecule has 0 amide bonds. The van der Waals surface area contributed by atoms with Crippen LogP contribution in [0.15, 0.2) is 0 Å². The molecule has 0 aliphatic heterocycles. The molecule has 0 aromatic heterocycles. The van der Waals surface area contributed by atoms with E-state index in [1.807, 2.05) is 0 Å². The summed E-state index contributed by atoms with van der Waals surface area (Å²) in [6.45, 7) is 0. The van der Waals surface area contributed by atoms with Gasteiger partial charge < -0.3 is 0 Å². The Bertz CT molecular complexity index is 148. The van der Waals surface area contributed by atoms with Crippen molar-refractivity contribution >= 4 is 0 Å². The van der Waals surface area contributed by atoms with Crippen LogP contribution in [0.25, 0.3) is 0 Å². The summed E-state index contributed by atoms with van der Waals surface area (Å²) >= 11 is 0. The number of hydrogen-bond donors (Lipinski definition) is 0. The number of fused-ring (bicyclic) bond motifs is 8. The molecule has 0 heteroatoms.